The van der Waals surface area contributed by atoms with Gasteiger partial charge in [0.2, 0.25) is 0 Å². The summed E-state index contributed by atoms with van der Waals surface area (Å²) in [6.07, 6.45) is 0. The Kier molecular flexibility index (Phi) is 2.14. The number of hydrogen-bond donors (Lipinski definition) is 0. The van der Waals surface area contributed by atoms with Crippen LogP contribution in [0.3, 0.4) is 0 Å². The SMILES string of the molecule is O=[P](=O)[W]. The van der Waals surface area contributed by atoms with E-state index in [2.05, 4.69) is 0 Å². The zero-order valence-electron chi connectivity index (χ0n) is 1.67. The second-order valence-corrected chi connectivity index (χ2v) is 3.88. The first-order chi connectivity index (χ1) is 1.73. The average molecular weight is 247 g/mol. The molecule has 0 N–H and O–H groups in total. The van der Waals surface area contributed by atoms with Crippen molar-refractivity contribution in [3.05, 3.63) is 0 Å². The fourth-order valence-corrected chi connectivity index (χ4v) is 0. The van der Waals surface area contributed by atoms with E-state index in [0.29, 0.717) is 19.3 Å². The minimum atomic E-state index is -2.04. The van der Waals surface area contributed by atoms with E-state index >= 15 is 0 Å². The average Bonchev–Trinajstić information content (AvgIpc) is 0.811. The Balaban J connectivity index is 3.51. The molecule has 0 aromatic heterocycles. The van der Waals surface area contributed by atoms with Crippen molar-refractivity contribution in [3.8, 4) is 0 Å². The second-order valence-electron chi connectivity index (χ2n) is 0.224. The van der Waals surface area contributed by atoms with Crippen LogP contribution < -0.4 is 0 Å². The van der Waals surface area contributed by atoms with Gasteiger partial charge in [0.05, 0.1) is 0 Å². The van der Waals surface area contributed by atoms with Gasteiger partial charge in [0.15, 0.2) is 0 Å². The van der Waals surface area contributed by atoms with E-state index in [4.69, 9.17) is 9.13 Å². The van der Waals surface area contributed by atoms with Crippen molar-refractivity contribution < 1.29 is 28.4 Å². The summed E-state index contributed by atoms with van der Waals surface area (Å²) in [5, 5.41) is 0. The standard InChI is InChI=1S/O2P.W/c1-3-2;. The summed E-state index contributed by atoms with van der Waals surface area (Å²) in [5.74, 6) is -2.04. The Labute approximate surface area is 34.8 Å². The molecule has 0 aromatic carbocycles. The molecule has 2 nitrogen and oxygen atoms in total. The number of rotatable bonds is 0. The molecule has 4 heteroatoms. The van der Waals surface area contributed by atoms with E-state index in [-0.39, 0.29) is 0 Å². The molecule has 0 atom stereocenters. The van der Waals surface area contributed by atoms with Crippen molar-refractivity contribution >= 4 is 5.77 Å². The third kappa shape index (κ3) is 18.9. The third-order valence-electron chi connectivity index (χ3n) is 0. The molecule has 0 aliphatic rings. The van der Waals surface area contributed by atoms with Crippen molar-refractivity contribution in [3.63, 3.8) is 0 Å². The molecule has 4 heavy (non-hydrogen) atoms. The molecule has 0 amide bonds. The maximum atomic E-state index is 9.07. The predicted molar refractivity (Wildman–Crippen MR) is 8.29 cm³/mol. The molecule has 0 heterocycles. The molecule has 0 aliphatic carbocycles. The number of hydrogen-bond acceptors (Lipinski definition) is 2. The first-order valence-electron chi connectivity index (χ1n) is 0.548. The topological polar surface area (TPSA) is 34.1 Å². The summed E-state index contributed by atoms with van der Waals surface area (Å²) in [7, 11) is 0. The van der Waals surface area contributed by atoms with Gasteiger partial charge in [-0.15, -0.1) is 0 Å². The van der Waals surface area contributed by atoms with E-state index < -0.39 is 5.77 Å². The van der Waals surface area contributed by atoms with Crippen LogP contribution in [0, 0.1) is 0 Å². The maximum absolute atomic E-state index is 9.07. The van der Waals surface area contributed by atoms with Crippen LogP contribution in [0.1, 0.15) is 0 Å². The zero-order chi connectivity index (χ0) is 3.58. The van der Waals surface area contributed by atoms with Crippen LogP contribution in [-0.2, 0) is 28.4 Å². The monoisotopic (exact) mass is 247 g/mol. The Bertz CT molecular complexity index is 54.4. The molecule has 0 radical (unpaired) electrons. The third-order valence-corrected chi connectivity index (χ3v) is 0. The summed E-state index contributed by atoms with van der Waals surface area (Å²) in [6.45, 7) is 0. The molecule has 0 saturated carbocycles. The Morgan fingerprint density at radius 3 is 1.50 bits per heavy atom. The van der Waals surface area contributed by atoms with Gasteiger partial charge >= 0.3 is 34.2 Å². The molecule has 0 aliphatic heterocycles. The van der Waals surface area contributed by atoms with Crippen LogP contribution in [0.2, 0.25) is 0 Å². The fraction of sp³-hybridized carbons (Fsp3) is 0. The van der Waals surface area contributed by atoms with E-state index in [0.717, 1.165) is 0 Å². The first-order valence-corrected chi connectivity index (χ1v) is 5.58. The summed E-state index contributed by atoms with van der Waals surface area (Å²) in [6, 6.07) is 0. The molecule has 0 spiro atoms. The summed E-state index contributed by atoms with van der Waals surface area (Å²) in [4.78, 5) is 0. The second kappa shape index (κ2) is 1.87. The molecule has 0 fully saturated rings. The van der Waals surface area contributed by atoms with Gasteiger partial charge in [0, 0.05) is 0 Å². The van der Waals surface area contributed by atoms with Crippen molar-refractivity contribution in [1.29, 1.82) is 0 Å². The van der Waals surface area contributed by atoms with Gasteiger partial charge in [0.1, 0.15) is 0 Å². The normalized spacial score (nSPS) is 6.00. The Hall–Kier alpha value is 0.588. The van der Waals surface area contributed by atoms with Crippen molar-refractivity contribution in [2.24, 2.45) is 0 Å². The fourth-order valence-electron chi connectivity index (χ4n) is 0. The molecule has 0 aromatic rings. The van der Waals surface area contributed by atoms with Gasteiger partial charge in [-0.2, -0.15) is 0 Å². The first kappa shape index (κ1) is 4.59. The van der Waals surface area contributed by atoms with E-state index in [1.54, 1.807) is 0 Å². The van der Waals surface area contributed by atoms with Crippen LogP contribution in [0.25, 0.3) is 0 Å². The summed E-state index contributed by atoms with van der Waals surface area (Å²) < 4.78 is 18.1. The van der Waals surface area contributed by atoms with Crippen LogP contribution >= 0.6 is 5.77 Å². The summed E-state index contributed by atoms with van der Waals surface area (Å²) in [5.41, 5.74) is 0. The minimum absolute atomic E-state index is 0.630. The van der Waals surface area contributed by atoms with E-state index in [1.807, 2.05) is 0 Å². The van der Waals surface area contributed by atoms with Gasteiger partial charge < -0.3 is 0 Å². The van der Waals surface area contributed by atoms with Crippen molar-refractivity contribution in [2.45, 2.75) is 0 Å². The van der Waals surface area contributed by atoms with E-state index in [1.165, 1.54) is 0 Å². The van der Waals surface area contributed by atoms with Gasteiger partial charge in [-0.25, -0.2) is 0 Å². The predicted octanol–water partition coefficient (Wildman–Crippen LogP) is 0.621. The van der Waals surface area contributed by atoms with Crippen LogP contribution in [0.15, 0.2) is 0 Å². The quantitative estimate of drug-likeness (QED) is 0.588. The van der Waals surface area contributed by atoms with Crippen LogP contribution in [-0.4, -0.2) is 0 Å². The van der Waals surface area contributed by atoms with Crippen LogP contribution in [0.4, 0.5) is 0 Å². The van der Waals surface area contributed by atoms with Crippen LogP contribution in [0.5, 0.6) is 0 Å². The van der Waals surface area contributed by atoms with Gasteiger partial charge in [-0.1, -0.05) is 0 Å². The van der Waals surface area contributed by atoms with E-state index in [9.17, 15) is 0 Å². The van der Waals surface area contributed by atoms with Gasteiger partial charge in [-0.3, -0.25) is 0 Å². The van der Waals surface area contributed by atoms with Gasteiger partial charge in [-0.05, 0) is 0 Å². The van der Waals surface area contributed by atoms with Crippen molar-refractivity contribution in [2.75, 3.05) is 0 Å². The zero-order valence-corrected chi connectivity index (χ0v) is 5.50. The van der Waals surface area contributed by atoms with Crippen molar-refractivity contribution in [1.82, 2.24) is 0 Å². The molecule has 0 saturated heterocycles. The molecule has 23 valence electrons. The Morgan fingerprint density at radius 2 is 1.50 bits per heavy atom. The molecule has 0 bridgehead atoms. The molecular weight excluding hydrogens is 247 g/mol. The van der Waals surface area contributed by atoms with Gasteiger partial charge in [0.25, 0.3) is 0 Å². The molecular formula is O2PW. The Morgan fingerprint density at radius 1 is 1.50 bits per heavy atom. The summed E-state index contributed by atoms with van der Waals surface area (Å²) >= 11 is 0.630. The molecule has 0 unspecified atom stereocenters. The molecule has 0 rings (SSSR count).